The van der Waals surface area contributed by atoms with Crippen LogP contribution in [0.25, 0.3) is 10.4 Å². The molecule has 0 fully saturated rings. The first-order chi connectivity index (χ1) is 19.4. The molecule has 1 atom stereocenters. The minimum Gasteiger partial charge on any atom is -0.463 e. The zero-order valence-corrected chi connectivity index (χ0v) is 24.5. The number of sulfonamides is 1. The number of nitrogens with zero attached hydrogens (tertiary/aromatic N) is 1. The molecule has 0 radical (unpaired) electrons. The van der Waals surface area contributed by atoms with E-state index in [4.69, 9.17) is 22.0 Å². The van der Waals surface area contributed by atoms with Crippen LogP contribution in [0.4, 0.5) is 5.69 Å². The summed E-state index contributed by atoms with van der Waals surface area (Å²) in [4.78, 5) is 31.1. The van der Waals surface area contributed by atoms with Crippen molar-refractivity contribution in [3.05, 3.63) is 70.1 Å². The molecule has 0 aliphatic carbocycles. The first kappa shape index (κ1) is 31.7. The summed E-state index contributed by atoms with van der Waals surface area (Å²) in [6.45, 7) is 4.95. The number of rotatable bonds is 13. The van der Waals surface area contributed by atoms with Crippen LogP contribution < -0.4 is 38.3 Å². The number of aliphatic imine (C=N–C) groups is 1. The molecule has 0 aliphatic rings. The number of ether oxygens (including phenoxy) is 1. The maximum Gasteiger partial charge on any atom is 0.326 e. The van der Waals surface area contributed by atoms with Crippen molar-refractivity contribution < 1.29 is 22.7 Å². The lowest BCUT2D eigenvalue weighted by Crippen LogP contribution is -2.49. The van der Waals surface area contributed by atoms with Gasteiger partial charge in [-0.05, 0) is 61.7 Å². The van der Waals surface area contributed by atoms with Crippen molar-refractivity contribution in [2.24, 2.45) is 22.3 Å². The van der Waals surface area contributed by atoms with Crippen LogP contribution in [0.3, 0.4) is 0 Å². The minimum atomic E-state index is -4.15. The molecule has 0 saturated carbocycles. The van der Waals surface area contributed by atoms with E-state index in [9.17, 15) is 18.0 Å². The number of nitrogens with one attached hydrogen (secondary N) is 4. The zero-order valence-electron chi connectivity index (χ0n) is 22.9. The van der Waals surface area contributed by atoms with Crippen LogP contribution in [-0.4, -0.2) is 52.0 Å². The molecule has 41 heavy (non-hydrogen) atoms. The van der Waals surface area contributed by atoms with Crippen LogP contribution in [0.1, 0.15) is 26.4 Å². The lowest BCUT2D eigenvalue weighted by molar-refractivity contribution is -0.145. The van der Waals surface area contributed by atoms with Crippen molar-refractivity contribution >= 4 is 44.9 Å². The van der Waals surface area contributed by atoms with Gasteiger partial charge >= 0.3 is 5.97 Å². The van der Waals surface area contributed by atoms with Crippen molar-refractivity contribution in [2.75, 3.05) is 19.7 Å². The Bertz CT molecular complexity index is 1510. The number of carbonyl (C=O) groups excluding carboxylic acids is 2. The summed E-state index contributed by atoms with van der Waals surface area (Å²) in [7, 11) is -4.15. The van der Waals surface area contributed by atoms with E-state index >= 15 is 0 Å². The fourth-order valence-corrected chi connectivity index (χ4v) is 6.72. The number of carbonyl (C=O) groups is 2. The Morgan fingerprint density at radius 3 is 2.41 bits per heavy atom. The van der Waals surface area contributed by atoms with Crippen molar-refractivity contribution in [3.8, 4) is 10.4 Å². The Kier molecular flexibility index (Phi) is 10.9. The van der Waals surface area contributed by atoms with Gasteiger partial charge < -0.3 is 21.5 Å². The molecule has 0 saturated heterocycles. The molecular weight excluding hydrogens is 568 g/mol. The van der Waals surface area contributed by atoms with Gasteiger partial charge in [-0.2, -0.15) is 10.3 Å². The third-order valence-electron chi connectivity index (χ3n) is 5.71. The Labute approximate surface area is 242 Å². The van der Waals surface area contributed by atoms with E-state index in [2.05, 4.69) is 26.0 Å². The summed E-state index contributed by atoms with van der Waals surface area (Å²) >= 11 is 1.21. The number of nitrogens with two attached hydrogens (primary N) is 3. The number of guanidine groups is 1. The van der Waals surface area contributed by atoms with E-state index in [0.717, 1.165) is 16.0 Å². The van der Waals surface area contributed by atoms with Gasteiger partial charge in [0.2, 0.25) is 10.0 Å². The number of benzene rings is 2. The highest BCUT2D eigenvalue weighted by atomic mass is 32.2. The summed E-state index contributed by atoms with van der Waals surface area (Å²) in [5, 5.41) is 2.64. The molecule has 10 N–H and O–H groups in total. The van der Waals surface area contributed by atoms with Gasteiger partial charge in [0.1, 0.15) is 12.6 Å². The van der Waals surface area contributed by atoms with Crippen LogP contribution in [0.2, 0.25) is 0 Å². The first-order valence-corrected chi connectivity index (χ1v) is 14.7. The van der Waals surface area contributed by atoms with Crippen LogP contribution in [-0.2, 0) is 19.6 Å². The minimum absolute atomic E-state index is 0.0621. The average Bonchev–Trinajstić information content (AvgIpc) is 3.38. The van der Waals surface area contributed by atoms with Crippen LogP contribution in [0, 0.1) is 20.8 Å². The van der Waals surface area contributed by atoms with E-state index in [1.165, 1.54) is 11.3 Å². The molecule has 220 valence electrons. The molecule has 0 spiro atoms. The van der Waals surface area contributed by atoms with Crippen LogP contribution >= 0.6 is 11.3 Å². The first-order valence-electron chi connectivity index (χ1n) is 12.4. The SMILES string of the molecule is Cc1cc(C)c(S(=O)(=O)NC(CNC(=O)c2ccc(-c3cccc(N=C(N)N)c3)s2)C(=O)OCCNNN)c(C)c1. The zero-order chi connectivity index (χ0) is 30.2. The molecule has 13 nitrogen and oxygen atoms in total. The lowest BCUT2D eigenvalue weighted by atomic mass is 10.1. The predicted molar refractivity (Wildman–Crippen MR) is 159 cm³/mol. The highest BCUT2D eigenvalue weighted by Gasteiger charge is 2.30. The summed E-state index contributed by atoms with van der Waals surface area (Å²) in [5.74, 6) is 3.71. The van der Waals surface area contributed by atoms with Gasteiger partial charge in [-0.15, -0.1) is 11.3 Å². The van der Waals surface area contributed by atoms with Crippen LogP contribution in [0.5, 0.6) is 0 Å². The number of thiophene rings is 1. The smallest absolute Gasteiger partial charge is 0.326 e. The quantitative estimate of drug-likeness (QED) is 0.0365. The molecule has 3 rings (SSSR count). The molecule has 3 aromatic rings. The van der Waals surface area contributed by atoms with E-state index in [1.807, 2.05) is 13.0 Å². The third-order valence-corrected chi connectivity index (χ3v) is 8.62. The van der Waals surface area contributed by atoms with Gasteiger partial charge in [-0.1, -0.05) is 29.8 Å². The molecule has 0 bridgehead atoms. The number of hydrazine groups is 2. The highest BCUT2D eigenvalue weighted by Crippen LogP contribution is 2.30. The van der Waals surface area contributed by atoms with Gasteiger partial charge in [-0.3, -0.25) is 15.4 Å². The second kappa shape index (κ2) is 14.2. The van der Waals surface area contributed by atoms with Crippen molar-refractivity contribution in [3.63, 3.8) is 0 Å². The second-order valence-electron chi connectivity index (χ2n) is 9.10. The summed E-state index contributed by atoms with van der Waals surface area (Å²) in [5.41, 5.74) is 19.0. The molecule has 1 aromatic heterocycles. The number of hydrogen-bond donors (Lipinski definition) is 7. The Hall–Kier alpha value is -3.86. The topological polar surface area (TPSA) is 216 Å². The Morgan fingerprint density at radius 2 is 1.76 bits per heavy atom. The summed E-state index contributed by atoms with van der Waals surface area (Å²) in [6.07, 6.45) is 0. The molecule has 1 heterocycles. The number of hydrogen-bond acceptors (Lipinski definition) is 10. The van der Waals surface area contributed by atoms with Gasteiger partial charge in [0, 0.05) is 18.0 Å². The van der Waals surface area contributed by atoms with E-state index in [1.54, 1.807) is 56.3 Å². The lowest BCUT2D eigenvalue weighted by Gasteiger charge is -2.20. The molecule has 1 amide bonds. The van der Waals surface area contributed by atoms with Crippen molar-refractivity contribution in [2.45, 2.75) is 31.7 Å². The number of amides is 1. The number of aryl methyl sites for hydroxylation is 3. The highest BCUT2D eigenvalue weighted by molar-refractivity contribution is 7.89. The third kappa shape index (κ3) is 8.81. The average molecular weight is 603 g/mol. The monoisotopic (exact) mass is 602 g/mol. The fraction of sp³-hybridized carbons (Fsp3) is 0.269. The largest absolute Gasteiger partial charge is 0.463 e. The predicted octanol–water partition coefficient (Wildman–Crippen LogP) is 0.833. The van der Waals surface area contributed by atoms with E-state index < -0.39 is 27.9 Å². The molecule has 0 aliphatic heterocycles. The molecule has 15 heteroatoms. The molecule has 2 aromatic carbocycles. The van der Waals surface area contributed by atoms with E-state index in [0.29, 0.717) is 21.7 Å². The number of esters is 1. The van der Waals surface area contributed by atoms with Gasteiger partial charge in [0.25, 0.3) is 5.91 Å². The standard InChI is InChI=1S/C26H34N8O5S2/c1-15-11-16(2)23(17(3)12-15)41(37,38)33-20(25(36)39-10-9-31-34-29)14-30-24(35)22-8-7-21(40-22)18-5-4-6-19(13-18)32-26(27)28/h4-8,11-13,20,31,33-34H,9-10,14,29H2,1-3H3,(H,30,35)(H4,27,28,32). The second-order valence-corrected chi connectivity index (χ2v) is 11.8. The summed E-state index contributed by atoms with van der Waals surface area (Å²) in [6, 6.07) is 12.6. The normalized spacial score (nSPS) is 12.0. The Balaban J connectivity index is 1.78. The van der Waals surface area contributed by atoms with Crippen molar-refractivity contribution in [1.82, 2.24) is 21.0 Å². The van der Waals surface area contributed by atoms with Gasteiger partial charge in [0.05, 0.1) is 15.5 Å². The fourth-order valence-electron chi connectivity index (χ4n) is 4.16. The molecular formula is C26H34N8O5S2. The Morgan fingerprint density at radius 1 is 1.05 bits per heavy atom. The molecule has 1 unspecified atom stereocenters. The van der Waals surface area contributed by atoms with Crippen molar-refractivity contribution in [1.29, 1.82) is 0 Å². The maximum atomic E-state index is 13.4. The van der Waals surface area contributed by atoms with Gasteiger partial charge in [0.15, 0.2) is 5.96 Å². The summed E-state index contributed by atoms with van der Waals surface area (Å²) < 4.78 is 34.3. The van der Waals surface area contributed by atoms with E-state index in [-0.39, 0.29) is 30.6 Å². The van der Waals surface area contributed by atoms with Crippen LogP contribution in [0.15, 0.2) is 58.4 Å². The van der Waals surface area contributed by atoms with Gasteiger partial charge in [-0.25, -0.2) is 18.8 Å². The maximum absolute atomic E-state index is 13.4.